The molecule has 5 rings (SSSR count). The predicted molar refractivity (Wildman–Crippen MR) is 125 cm³/mol. The summed E-state index contributed by atoms with van der Waals surface area (Å²) in [7, 11) is 0. The van der Waals surface area contributed by atoms with Crippen molar-refractivity contribution in [2.24, 2.45) is 9.98 Å². The van der Waals surface area contributed by atoms with Gasteiger partial charge in [-0.3, -0.25) is 20.1 Å². The third-order valence-corrected chi connectivity index (χ3v) is 6.34. The lowest BCUT2D eigenvalue weighted by Gasteiger charge is -2.33. The summed E-state index contributed by atoms with van der Waals surface area (Å²) in [5.74, 6) is 0.397. The maximum absolute atomic E-state index is 13.3. The van der Waals surface area contributed by atoms with Crippen LogP contribution in [0.15, 0.2) is 46.4 Å². The molecule has 1 unspecified atom stereocenters. The summed E-state index contributed by atoms with van der Waals surface area (Å²) in [5, 5.41) is 4.05. The molecule has 2 aromatic rings. The number of rotatable bonds is 4. The molecular weight excluding hydrogens is 404 g/mol. The van der Waals surface area contributed by atoms with E-state index in [1.807, 2.05) is 36.4 Å². The molecule has 3 aliphatic heterocycles. The van der Waals surface area contributed by atoms with E-state index in [4.69, 9.17) is 19.7 Å². The van der Waals surface area contributed by atoms with Crippen molar-refractivity contribution in [2.45, 2.75) is 25.2 Å². The van der Waals surface area contributed by atoms with Gasteiger partial charge in [0.2, 0.25) is 11.9 Å². The zero-order valence-corrected chi connectivity index (χ0v) is 18.4. The van der Waals surface area contributed by atoms with Gasteiger partial charge in [0.15, 0.2) is 0 Å². The van der Waals surface area contributed by atoms with Crippen LogP contribution < -0.4 is 5.32 Å². The van der Waals surface area contributed by atoms with E-state index in [1.165, 1.54) is 19.3 Å². The predicted octanol–water partition coefficient (Wildman–Crippen LogP) is 2.02. The van der Waals surface area contributed by atoms with Gasteiger partial charge in [-0.15, -0.1) is 0 Å². The summed E-state index contributed by atoms with van der Waals surface area (Å²) in [6, 6.07) is 11.9. The Bertz CT molecular complexity index is 1020. The third kappa shape index (κ3) is 4.66. The fourth-order valence-electron chi connectivity index (χ4n) is 4.55. The van der Waals surface area contributed by atoms with Crippen molar-refractivity contribution in [2.75, 3.05) is 52.5 Å². The molecule has 4 heterocycles. The lowest BCUT2D eigenvalue weighted by Crippen LogP contribution is -2.53. The lowest BCUT2D eigenvalue weighted by atomic mass is 10.00. The second-order valence-electron chi connectivity index (χ2n) is 8.53. The molecule has 8 nitrogen and oxygen atoms in total. The number of pyridine rings is 1. The van der Waals surface area contributed by atoms with Gasteiger partial charge in [0, 0.05) is 25.0 Å². The summed E-state index contributed by atoms with van der Waals surface area (Å²) in [6.07, 6.45) is 3.82. The molecule has 0 saturated carbocycles. The van der Waals surface area contributed by atoms with Gasteiger partial charge in [-0.1, -0.05) is 30.7 Å². The quantitative estimate of drug-likeness (QED) is 0.796. The van der Waals surface area contributed by atoms with Gasteiger partial charge in [0.1, 0.15) is 11.8 Å². The normalized spacial score (nSPS) is 23.9. The fraction of sp³-hybridized carbons (Fsp3) is 0.500. The minimum absolute atomic E-state index is 0.124. The monoisotopic (exact) mass is 434 g/mol. The number of nitrogens with zero attached hydrogens (tertiary/aromatic N) is 5. The van der Waals surface area contributed by atoms with Crippen LogP contribution in [0.2, 0.25) is 0 Å². The fourth-order valence-corrected chi connectivity index (χ4v) is 4.55. The van der Waals surface area contributed by atoms with E-state index in [0.29, 0.717) is 50.3 Å². The summed E-state index contributed by atoms with van der Waals surface area (Å²) in [6.45, 7) is 6.46. The number of aliphatic imine (C=N–C) groups is 2. The van der Waals surface area contributed by atoms with Crippen LogP contribution in [-0.2, 0) is 9.53 Å². The van der Waals surface area contributed by atoms with E-state index in [-0.39, 0.29) is 5.91 Å². The molecule has 1 N–H and O–H groups in total. The summed E-state index contributed by atoms with van der Waals surface area (Å²) in [4.78, 5) is 32.2. The van der Waals surface area contributed by atoms with Crippen LogP contribution in [-0.4, -0.2) is 85.0 Å². The van der Waals surface area contributed by atoms with Crippen LogP contribution in [0.3, 0.4) is 0 Å². The average molecular weight is 435 g/mol. The number of amidine groups is 1. The van der Waals surface area contributed by atoms with Crippen LogP contribution in [0.25, 0.3) is 10.9 Å². The number of aromatic nitrogens is 1. The van der Waals surface area contributed by atoms with Crippen molar-refractivity contribution in [3.8, 4) is 0 Å². The number of benzene rings is 1. The Kier molecular flexibility index (Phi) is 6.41. The van der Waals surface area contributed by atoms with E-state index in [9.17, 15) is 4.79 Å². The number of carbonyl (C=O) groups excluding carboxylic acids is 1. The van der Waals surface area contributed by atoms with Gasteiger partial charge in [0.05, 0.1) is 31.0 Å². The van der Waals surface area contributed by atoms with E-state index < -0.39 is 5.92 Å². The second-order valence-corrected chi connectivity index (χ2v) is 8.53. The summed E-state index contributed by atoms with van der Waals surface area (Å²) >= 11 is 0. The molecule has 0 bridgehead atoms. The number of likely N-dealkylation sites (tertiary alicyclic amines) is 1. The van der Waals surface area contributed by atoms with Crippen LogP contribution in [0, 0.1) is 0 Å². The molecule has 168 valence electrons. The molecule has 1 atom stereocenters. The van der Waals surface area contributed by atoms with E-state index >= 15 is 0 Å². The Labute approximate surface area is 188 Å². The molecular formula is C24H30N6O2. The van der Waals surface area contributed by atoms with Gasteiger partial charge in [-0.05, 0) is 38.1 Å². The van der Waals surface area contributed by atoms with Crippen LogP contribution in [0.1, 0.15) is 30.9 Å². The zero-order chi connectivity index (χ0) is 21.8. The maximum atomic E-state index is 13.3. The highest BCUT2D eigenvalue weighted by Crippen LogP contribution is 2.23. The highest BCUT2D eigenvalue weighted by atomic mass is 16.5. The largest absolute Gasteiger partial charge is 0.378 e. The number of nitrogens with one attached hydrogen (secondary N) is 1. The first-order valence-electron chi connectivity index (χ1n) is 11.6. The molecule has 2 saturated heterocycles. The molecule has 0 aliphatic carbocycles. The Morgan fingerprint density at radius 2 is 1.84 bits per heavy atom. The zero-order valence-electron chi connectivity index (χ0n) is 18.4. The van der Waals surface area contributed by atoms with E-state index in [1.54, 1.807) is 0 Å². The second kappa shape index (κ2) is 9.75. The molecule has 2 fully saturated rings. The summed E-state index contributed by atoms with van der Waals surface area (Å²) in [5.41, 5.74) is 1.55. The molecule has 8 heteroatoms. The van der Waals surface area contributed by atoms with Gasteiger partial charge in [0.25, 0.3) is 0 Å². The number of ether oxygens (including phenoxy) is 1. The minimum Gasteiger partial charge on any atom is -0.378 e. The first-order valence-corrected chi connectivity index (χ1v) is 11.6. The molecule has 32 heavy (non-hydrogen) atoms. The van der Waals surface area contributed by atoms with Gasteiger partial charge in [-0.25, -0.2) is 0 Å². The molecule has 0 spiro atoms. The van der Waals surface area contributed by atoms with Crippen molar-refractivity contribution in [1.82, 2.24) is 20.1 Å². The molecule has 1 aromatic carbocycles. The number of morpholine rings is 1. The first kappa shape index (κ1) is 21.0. The van der Waals surface area contributed by atoms with E-state index in [2.05, 4.69) is 15.1 Å². The van der Waals surface area contributed by atoms with Crippen LogP contribution in [0.4, 0.5) is 0 Å². The number of hydrogen-bond acceptors (Lipinski definition) is 6. The number of guanidine groups is 1. The number of carbonyl (C=O) groups is 1. The first-order chi connectivity index (χ1) is 15.8. The third-order valence-electron chi connectivity index (χ3n) is 6.34. The van der Waals surface area contributed by atoms with Crippen LogP contribution >= 0.6 is 0 Å². The number of hydrogen-bond donors (Lipinski definition) is 1. The highest BCUT2D eigenvalue weighted by molar-refractivity contribution is 6.20. The van der Waals surface area contributed by atoms with E-state index in [0.717, 1.165) is 30.5 Å². The van der Waals surface area contributed by atoms with Crippen molar-refractivity contribution >= 4 is 28.6 Å². The number of fused-ring (bicyclic) bond motifs is 1. The summed E-state index contributed by atoms with van der Waals surface area (Å²) < 4.78 is 5.45. The Hall–Kier alpha value is -2.84. The van der Waals surface area contributed by atoms with Crippen molar-refractivity contribution in [3.05, 3.63) is 42.1 Å². The van der Waals surface area contributed by atoms with Crippen molar-refractivity contribution in [1.29, 1.82) is 0 Å². The topological polar surface area (TPSA) is 82.4 Å². The van der Waals surface area contributed by atoms with Gasteiger partial charge in [-0.2, -0.15) is 4.99 Å². The SMILES string of the molecule is O=C1NC(N2CCOCC2)=NC(=NCCN2CCCCC2)C1c1ccc2ccccc2n1. The van der Waals surface area contributed by atoms with Crippen molar-refractivity contribution in [3.63, 3.8) is 0 Å². The Morgan fingerprint density at radius 1 is 1.03 bits per heavy atom. The van der Waals surface area contributed by atoms with Crippen LogP contribution in [0.5, 0.6) is 0 Å². The Morgan fingerprint density at radius 3 is 2.69 bits per heavy atom. The average Bonchev–Trinajstić information content (AvgIpc) is 2.85. The molecule has 0 radical (unpaired) electrons. The number of piperidine rings is 1. The number of para-hydroxylation sites is 1. The smallest absolute Gasteiger partial charge is 0.243 e. The highest BCUT2D eigenvalue weighted by Gasteiger charge is 2.35. The minimum atomic E-state index is -0.606. The Balaban J connectivity index is 1.44. The van der Waals surface area contributed by atoms with Gasteiger partial charge < -0.3 is 14.5 Å². The maximum Gasteiger partial charge on any atom is 0.243 e. The van der Waals surface area contributed by atoms with Gasteiger partial charge >= 0.3 is 0 Å². The number of amides is 1. The lowest BCUT2D eigenvalue weighted by molar-refractivity contribution is -0.120. The standard InChI is InChI=1S/C24H30N6O2/c31-23-21(20-9-8-18-6-2-3-7-19(18)26-20)22(25-10-13-29-11-4-1-5-12-29)27-24(28-23)30-14-16-32-17-15-30/h2-3,6-9,21H,1,4-5,10-17H2,(H,25,27,28,31). The van der Waals surface area contributed by atoms with Crippen molar-refractivity contribution < 1.29 is 9.53 Å². The molecule has 1 amide bonds. The molecule has 1 aromatic heterocycles. The molecule has 3 aliphatic rings.